The molecule has 1 saturated carbocycles. The average Bonchev–Trinajstić information content (AvgIpc) is 3.55. The Balaban J connectivity index is 1.23. The third-order valence-electron chi connectivity index (χ3n) is 6.41. The number of carbonyl (C=O) groups excluding carboxylic acids is 2. The quantitative estimate of drug-likeness (QED) is 0.509. The van der Waals surface area contributed by atoms with Gasteiger partial charge in [0.1, 0.15) is 6.61 Å². The van der Waals surface area contributed by atoms with E-state index >= 15 is 0 Å². The summed E-state index contributed by atoms with van der Waals surface area (Å²) in [7, 11) is 0. The van der Waals surface area contributed by atoms with Crippen molar-refractivity contribution >= 4 is 18.0 Å². The Morgan fingerprint density at radius 3 is 2.21 bits per heavy atom. The van der Waals surface area contributed by atoms with Gasteiger partial charge in [0.05, 0.1) is 5.92 Å². The van der Waals surface area contributed by atoms with Crippen LogP contribution in [0.5, 0.6) is 0 Å². The molecule has 0 aromatic heterocycles. The van der Waals surface area contributed by atoms with Gasteiger partial charge in [-0.15, -0.1) is 0 Å². The van der Waals surface area contributed by atoms with E-state index in [1.807, 2.05) is 24.3 Å². The lowest BCUT2D eigenvalue weighted by molar-refractivity contribution is -0.142. The maximum Gasteiger partial charge on any atom is 0.407 e. The zero-order valence-electron chi connectivity index (χ0n) is 18.8. The van der Waals surface area contributed by atoms with E-state index in [4.69, 9.17) is 4.74 Å². The molecule has 174 valence electrons. The number of hydrogen-bond acceptors (Lipinski definition) is 4. The predicted octanol–water partition coefficient (Wildman–Crippen LogP) is 3.92. The molecular formula is C26H30N2O5. The number of hydrogen-bond donors (Lipinski definition) is 3. The largest absolute Gasteiger partial charge is 0.481 e. The third kappa shape index (κ3) is 5.72. The van der Waals surface area contributed by atoms with E-state index < -0.39 is 24.0 Å². The summed E-state index contributed by atoms with van der Waals surface area (Å²) in [5, 5.41) is 14.7. The molecule has 0 radical (unpaired) electrons. The molecule has 0 aliphatic heterocycles. The minimum Gasteiger partial charge on any atom is -0.481 e. The number of carboxylic acid groups (broad SMARTS) is 1. The molecule has 0 saturated heterocycles. The van der Waals surface area contributed by atoms with E-state index in [0.717, 1.165) is 35.1 Å². The highest BCUT2D eigenvalue weighted by Gasteiger charge is 2.30. The molecule has 7 nitrogen and oxygen atoms in total. The fourth-order valence-electron chi connectivity index (χ4n) is 4.51. The van der Waals surface area contributed by atoms with Crippen LogP contribution in [0.4, 0.5) is 4.79 Å². The first-order valence-electron chi connectivity index (χ1n) is 11.5. The molecule has 4 rings (SSSR count). The molecule has 0 heterocycles. The second-order valence-corrected chi connectivity index (χ2v) is 9.09. The van der Waals surface area contributed by atoms with Gasteiger partial charge in [0.25, 0.3) is 0 Å². The first kappa shape index (κ1) is 22.8. The molecule has 2 aromatic rings. The van der Waals surface area contributed by atoms with Gasteiger partial charge in [-0.3, -0.25) is 9.59 Å². The van der Waals surface area contributed by atoms with Crippen molar-refractivity contribution in [3.05, 3.63) is 59.7 Å². The molecule has 1 fully saturated rings. The second-order valence-electron chi connectivity index (χ2n) is 9.09. The topological polar surface area (TPSA) is 105 Å². The lowest BCUT2D eigenvalue weighted by Gasteiger charge is -2.18. The molecule has 0 spiro atoms. The number of carbonyl (C=O) groups is 3. The van der Waals surface area contributed by atoms with Gasteiger partial charge in [0.2, 0.25) is 5.91 Å². The molecule has 2 atom stereocenters. The monoisotopic (exact) mass is 450 g/mol. The SMILES string of the molecule is C[C@@H](CC(=O)NCC(CC1CC1)C(=O)O)NC(=O)OCC1c2ccccc2-c2ccccc21. The Morgan fingerprint density at radius 2 is 1.64 bits per heavy atom. The first-order chi connectivity index (χ1) is 15.9. The van der Waals surface area contributed by atoms with Gasteiger partial charge >= 0.3 is 12.1 Å². The van der Waals surface area contributed by atoms with E-state index in [2.05, 4.69) is 34.9 Å². The minimum atomic E-state index is -0.882. The molecule has 7 heteroatoms. The number of fused-ring (bicyclic) bond motifs is 3. The number of alkyl carbamates (subject to hydrolysis) is 1. The number of nitrogens with one attached hydrogen (secondary N) is 2. The van der Waals surface area contributed by atoms with E-state index in [-0.39, 0.29) is 31.4 Å². The molecule has 0 bridgehead atoms. The molecular weight excluding hydrogens is 420 g/mol. The summed E-state index contributed by atoms with van der Waals surface area (Å²) >= 11 is 0. The highest BCUT2D eigenvalue weighted by molar-refractivity contribution is 5.80. The van der Waals surface area contributed by atoms with Crippen LogP contribution < -0.4 is 10.6 Å². The number of ether oxygens (including phenoxy) is 1. The fourth-order valence-corrected chi connectivity index (χ4v) is 4.51. The van der Waals surface area contributed by atoms with Crippen LogP contribution in [0.2, 0.25) is 0 Å². The number of carboxylic acids is 1. The van der Waals surface area contributed by atoms with E-state index in [1.165, 1.54) is 0 Å². The zero-order valence-corrected chi connectivity index (χ0v) is 18.8. The van der Waals surface area contributed by atoms with Crippen LogP contribution in [0.1, 0.15) is 49.7 Å². The Hall–Kier alpha value is -3.35. The highest BCUT2D eigenvalue weighted by atomic mass is 16.5. The van der Waals surface area contributed by atoms with Gasteiger partial charge in [-0.1, -0.05) is 61.4 Å². The number of amides is 2. The summed E-state index contributed by atoms with van der Waals surface area (Å²) in [5.74, 6) is -1.29. The Kier molecular flexibility index (Phi) is 6.96. The Bertz CT molecular complexity index is 987. The smallest absolute Gasteiger partial charge is 0.407 e. The molecule has 33 heavy (non-hydrogen) atoms. The molecule has 2 aliphatic carbocycles. The van der Waals surface area contributed by atoms with Gasteiger partial charge < -0.3 is 20.5 Å². The summed E-state index contributed by atoms with van der Waals surface area (Å²) < 4.78 is 5.51. The summed E-state index contributed by atoms with van der Waals surface area (Å²) in [6, 6.07) is 15.8. The van der Waals surface area contributed by atoms with Crippen LogP contribution in [0, 0.1) is 11.8 Å². The highest BCUT2D eigenvalue weighted by Crippen LogP contribution is 2.44. The van der Waals surface area contributed by atoms with Gasteiger partial charge in [0, 0.05) is 24.9 Å². The number of aliphatic carboxylic acids is 1. The van der Waals surface area contributed by atoms with E-state index in [1.54, 1.807) is 6.92 Å². The molecule has 3 N–H and O–H groups in total. The number of benzene rings is 2. The van der Waals surface area contributed by atoms with E-state index in [9.17, 15) is 19.5 Å². The van der Waals surface area contributed by atoms with Gasteiger partial charge in [0.15, 0.2) is 0 Å². The zero-order chi connectivity index (χ0) is 23.4. The van der Waals surface area contributed by atoms with Gasteiger partial charge in [-0.05, 0) is 41.5 Å². The Morgan fingerprint density at radius 1 is 1.03 bits per heavy atom. The van der Waals surface area contributed by atoms with E-state index in [0.29, 0.717) is 12.3 Å². The van der Waals surface area contributed by atoms with Crippen molar-refractivity contribution in [1.29, 1.82) is 0 Å². The lowest BCUT2D eigenvalue weighted by Crippen LogP contribution is -2.40. The van der Waals surface area contributed by atoms with Crippen molar-refractivity contribution in [3.63, 3.8) is 0 Å². The average molecular weight is 451 g/mol. The summed E-state index contributed by atoms with van der Waals surface area (Å²) in [6.07, 6.45) is 2.22. The van der Waals surface area contributed by atoms with Crippen LogP contribution in [0.15, 0.2) is 48.5 Å². The van der Waals surface area contributed by atoms with Crippen molar-refractivity contribution < 1.29 is 24.2 Å². The van der Waals surface area contributed by atoms with Crippen LogP contribution in [0.25, 0.3) is 11.1 Å². The van der Waals surface area contributed by atoms with Gasteiger partial charge in [-0.2, -0.15) is 0 Å². The summed E-state index contributed by atoms with van der Waals surface area (Å²) in [4.78, 5) is 35.9. The number of rotatable bonds is 10. The van der Waals surface area contributed by atoms with Crippen molar-refractivity contribution in [2.24, 2.45) is 11.8 Å². The molecule has 2 aliphatic rings. The molecule has 1 unspecified atom stereocenters. The summed E-state index contributed by atoms with van der Waals surface area (Å²) in [6.45, 7) is 2.04. The maximum atomic E-state index is 12.4. The van der Waals surface area contributed by atoms with Crippen LogP contribution in [-0.2, 0) is 14.3 Å². The van der Waals surface area contributed by atoms with Gasteiger partial charge in [-0.25, -0.2) is 4.79 Å². The minimum absolute atomic E-state index is 0.0267. The predicted molar refractivity (Wildman–Crippen MR) is 124 cm³/mol. The first-order valence-corrected chi connectivity index (χ1v) is 11.5. The third-order valence-corrected chi connectivity index (χ3v) is 6.41. The van der Waals surface area contributed by atoms with Crippen LogP contribution in [0.3, 0.4) is 0 Å². The van der Waals surface area contributed by atoms with Crippen molar-refractivity contribution in [2.75, 3.05) is 13.2 Å². The second kappa shape index (κ2) is 10.1. The van der Waals surface area contributed by atoms with Crippen molar-refractivity contribution in [2.45, 2.75) is 44.6 Å². The normalized spacial score (nSPS) is 16.3. The molecule has 2 amide bonds. The maximum absolute atomic E-state index is 12.4. The molecule has 2 aromatic carbocycles. The van der Waals surface area contributed by atoms with Crippen molar-refractivity contribution in [3.8, 4) is 11.1 Å². The lowest BCUT2D eigenvalue weighted by atomic mass is 9.98. The van der Waals surface area contributed by atoms with Crippen molar-refractivity contribution in [1.82, 2.24) is 10.6 Å². The Labute approximate surface area is 193 Å². The fraction of sp³-hybridized carbons (Fsp3) is 0.423. The standard InChI is InChI=1S/C26H30N2O5/c1-16(12-24(29)27-14-18(25(30)31)13-17-10-11-17)28-26(32)33-15-23-21-8-4-2-6-19(21)20-7-3-5-9-22(20)23/h2-9,16-18,23H,10-15H2,1H3,(H,27,29)(H,28,32)(H,30,31)/t16-,18?/m0/s1. The summed E-state index contributed by atoms with van der Waals surface area (Å²) in [5.41, 5.74) is 4.60. The van der Waals surface area contributed by atoms with Crippen LogP contribution >= 0.6 is 0 Å². The van der Waals surface area contributed by atoms with Crippen LogP contribution in [-0.4, -0.2) is 42.3 Å².